The molecule has 0 spiro atoms. The minimum absolute atomic E-state index is 0.149. The molecule has 3 aromatic rings. The number of nitrogens with zero attached hydrogens (tertiary/aromatic N) is 3. The van der Waals surface area contributed by atoms with Gasteiger partial charge < -0.3 is 19.9 Å². The Kier molecular flexibility index (Phi) is 4.43. The van der Waals surface area contributed by atoms with Crippen LogP contribution < -0.4 is 15.8 Å². The van der Waals surface area contributed by atoms with E-state index in [0.29, 0.717) is 41.3 Å². The maximum absolute atomic E-state index is 14.2. The van der Waals surface area contributed by atoms with Crippen molar-refractivity contribution in [2.75, 3.05) is 23.4 Å². The van der Waals surface area contributed by atoms with E-state index in [1.807, 2.05) is 0 Å². The summed E-state index contributed by atoms with van der Waals surface area (Å²) in [5.74, 6) is -1.41. The minimum Gasteiger partial charge on any atom is -0.374 e. The van der Waals surface area contributed by atoms with Gasteiger partial charge in [0.25, 0.3) is 5.56 Å². The van der Waals surface area contributed by atoms with Crippen LogP contribution >= 0.6 is 0 Å². The van der Waals surface area contributed by atoms with Gasteiger partial charge in [0.2, 0.25) is 0 Å². The number of hydrogen-bond acceptors (Lipinski definition) is 6. The second kappa shape index (κ2) is 7.02. The SMILES string of the molecule is Cc1nnc(N[C@H](C)c2cccc(F)c2F)c2cc(N3CC4CC3CO4)c(=O)[nH]c12. The zero-order valence-corrected chi connectivity index (χ0v) is 16.6. The Morgan fingerprint density at radius 1 is 1.33 bits per heavy atom. The normalized spacial score (nSPS) is 21.4. The van der Waals surface area contributed by atoms with E-state index in [1.54, 1.807) is 19.9 Å². The van der Waals surface area contributed by atoms with Gasteiger partial charge in [-0.3, -0.25) is 4.79 Å². The number of aromatic amines is 1. The number of aromatic nitrogens is 3. The van der Waals surface area contributed by atoms with Crippen molar-refractivity contribution in [2.24, 2.45) is 0 Å². The van der Waals surface area contributed by atoms with Gasteiger partial charge in [0.05, 0.1) is 36.0 Å². The number of aryl methyl sites for hydroxylation is 1. The lowest BCUT2D eigenvalue weighted by Crippen LogP contribution is -2.39. The molecular weight excluding hydrogens is 392 g/mol. The Labute approximate surface area is 171 Å². The Bertz CT molecular complexity index is 1200. The van der Waals surface area contributed by atoms with Crippen LogP contribution in [0.1, 0.15) is 30.6 Å². The number of fused-ring (bicyclic) bond motifs is 3. The second-order valence-corrected chi connectivity index (χ2v) is 7.91. The summed E-state index contributed by atoms with van der Waals surface area (Å²) in [4.78, 5) is 17.8. The molecule has 0 saturated carbocycles. The van der Waals surface area contributed by atoms with Gasteiger partial charge in [0.1, 0.15) is 5.69 Å². The molecule has 30 heavy (non-hydrogen) atoms. The summed E-state index contributed by atoms with van der Waals surface area (Å²) in [6, 6.07) is 5.48. The molecule has 2 N–H and O–H groups in total. The van der Waals surface area contributed by atoms with E-state index in [9.17, 15) is 13.6 Å². The van der Waals surface area contributed by atoms with Crippen LogP contribution in [0.2, 0.25) is 0 Å². The topological polar surface area (TPSA) is 83.1 Å². The summed E-state index contributed by atoms with van der Waals surface area (Å²) in [5.41, 5.74) is 1.69. The van der Waals surface area contributed by atoms with Gasteiger partial charge in [-0.25, -0.2) is 8.78 Å². The van der Waals surface area contributed by atoms with Crippen LogP contribution in [0.25, 0.3) is 10.9 Å². The highest BCUT2D eigenvalue weighted by atomic mass is 19.2. The molecule has 0 aliphatic carbocycles. The predicted molar refractivity (Wildman–Crippen MR) is 109 cm³/mol. The molecule has 1 aromatic carbocycles. The highest BCUT2D eigenvalue weighted by Gasteiger charge is 2.40. The van der Waals surface area contributed by atoms with Gasteiger partial charge >= 0.3 is 0 Å². The molecule has 2 unspecified atom stereocenters. The number of ether oxygens (including phenoxy) is 1. The van der Waals surface area contributed by atoms with Gasteiger partial charge in [-0.1, -0.05) is 12.1 Å². The zero-order valence-electron chi connectivity index (χ0n) is 16.6. The molecule has 0 radical (unpaired) electrons. The number of halogens is 2. The first-order valence-electron chi connectivity index (χ1n) is 9.91. The molecule has 4 heterocycles. The third-order valence-corrected chi connectivity index (χ3v) is 5.95. The molecule has 7 nitrogen and oxygen atoms in total. The van der Waals surface area contributed by atoms with Gasteiger partial charge in [0.15, 0.2) is 17.5 Å². The van der Waals surface area contributed by atoms with Crippen LogP contribution in [-0.4, -0.2) is 40.5 Å². The minimum atomic E-state index is -0.904. The van der Waals surface area contributed by atoms with Gasteiger partial charge in [-0.2, -0.15) is 5.10 Å². The summed E-state index contributed by atoms with van der Waals surface area (Å²) in [6.07, 6.45) is 1.06. The molecule has 2 aliphatic rings. The maximum atomic E-state index is 14.2. The van der Waals surface area contributed by atoms with Gasteiger partial charge in [0, 0.05) is 17.5 Å². The number of hydrogen-bond donors (Lipinski definition) is 2. The van der Waals surface area contributed by atoms with Crippen LogP contribution in [0.5, 0.6) is 0 Å². The van der Waals surface area contributed by atoms with E-state index in [1.165, 1.54) is 12.1 Å². The number of nitrogens with one attached hydrogen (secondary N) is 2. The second-order valence-electron chi connectivity index (χ2n) is 7.91. The largest absolute Gasteiger partial charge is 0.374 e. The summed E-state index contributed by atoms with van der Waals surface area (Å²) in [5, 5.41) is 12.1. The highest BCUT2D eigenvalue weighted by molar-refractivity contribution is 5.92. The molecule has 156 valence electrons. The summed E-state index contributed by atoms with van der Waals surface area (Å²) in [7, 11) is 0. The molecule has 0 amide bonds. The Morgan fingerprint density at radius 2 is 2.17 bits per heavy atom. The number of H-pyrrole nitrogens is 1. The number of pyridine rings is 1. The molecule has 2 aromatic heterocycles. The Morgan fingerprint density at radius 3 is 2.90 bits per heavy atom. The lowest BCUT2D eigenvalue weighted by atomic mass is 10.1. The van der Waals surface area contributed by atoms with Crippen molar-refractivity contribution in [3.05, 3.63) is 57.5 Å². The Hall–Kier alpha value is -3.07. The number of benzene rings is 1. The number of morpholine rings is 1. The monoisotopic (exact) mass is 413 g/mol. The van der Waals surface area contributed by atoms with Crippen LogP contribution in [0.15, 0.2) is 29.1 Å². The Balaban J connectivity index is 1.57. The third-order valence-electron chi connectivity index (χ3n) is 5.95. The fourth-order valence-electron chi connectivity index (χ4n) is 4.37. The van der Waals surface area contributed by atoms with E-state index in [4.69, 9.17) is 4.74 Å². The number of rotatable bonds is 4. The molecule has 2 fully saturated rings. The van der Waals surface area contributed by atoms with Crippen LogP contribution in [0, 0.1) is 18.6 Å². The van der Waals surface area contributed by atoms with Crippen molar-refractivity contribution in [3.8, 4) is 0 Å². The molecule has 2 bridgehead atoms. The van der Waals surface area contributed by atoms with Crippen molar-refractivity contribution in [3.63, 3.8) is 0 Å². The van der Waals surface area contributed by atoms with E-state index >= 15 is 0 Å². The van der Waals surface area contributed by atoms with Crippen molar-refractivity contribution >= 4 is 22.4 Å². The smallest absolute Gasteiger partial charge is 0.272 e. The quantitative estimate of drug-likeness (QED) is 0.684. The van der Waals surface area contributed by atoms with Crippen LogP contribution in [0.4, 0.5) is 20.3 Å². The predicted octanol–water partition coefficient (Wildman–Crippen LogP) is 3.06. The van der Waals surface area contributed by atoms with Crippen molar-refractivity contribution in [2.45, 2.75) is 38.5 Å². The summed E-state index contributed by atoms with van der Waals surface area (Å²) < 4.78 is 33.5. The van der Waals surface area contributed by atoms with Crippen molar-refractivity contribution in [1.82, 2.24) is 15.2 Å². The van der Waals surface area contributed by atoms with E-state index in [-0.39, 0.29) is 23.3 Å². The van der Waals surface area contributed by atoms with Crippen molar-refractivity contribution in [1.29, 1.82) is 0 Å². The average Bonchev–Trinajstić information content (AvgIpc) is 3.35. The molecule has 9 heteroatoms. The first-order valence-corrected chi connectivity index (χ1v) is 9.91. The first kappa shape index (κ1) is 18.9. The average molecular weight is 413 g/mol. The fourth-order valence-corrected chi connectivity index (χ4v) is 4.37. The molecule has 2 aliphatic heterocycles. The standard InChI is InChI=1S/C21H21F2N5O2/c1-10(14-4-3-5-16(22)18(14)23)24-20-15-7-17(28-8-13-6-12(28)9-30-13)21(29)25-19(15)11(2)26-27-20/h3-5,7,10,12-13H,6,8-9H2,1-2H3,(H,24,27)(H,25,29)/t10-,12?,13?/m1/s1. The summed E-state index contributed by atoms with van der Waals surface area (Å²) >= 11 is 0. The number of anilines is 2. The van der Waals surface area contributed by atoms with Crippen molar-refractivity contribution < 1.29 is 13.5 Å². The maximum Gasteiger partial charge on any atom is 0.272 e. The highest BCUT2D eigenvalue weighted by Crippen LogP contribution is 2.33. The van der Waals surface area contributed by atoms with Gasteiger partial charge in [-0.15, -0.1) is 5.10 Å². The fraction of sp³-hybridized carbons (Fsp3) is 0.381. The van der Waals surface area contributed by atoms with E-state index < -0.39 is 17.7 Å². The van der Waals surface area contributed by atoms with E-state index in [0.717, 1.165) is 12.5 Å². The summed E-state index contributed by atoms with van der Waals surface area (Å²) in [6.45, 7) is 4.76. The lowest BCUT2D eigenvalue weighted by Gasteiger charge is -2.28. The van der Waals surface area contributed by atoms with Crippen LogP contribution in [0.3, 0.4) is 0 Å². The van der Waals surface area contributed by atoms with E-state index in [2.05, 4.69) is 25.4 Å². The molecule has 2 saturated heterocycles. The molecular formula is C21H21F2N5O2. The molecule has 5 rings (SSSR count). The van der Waals surface area contributed by atoms with Crippen LogP contribution in [-0.2, 0) is 4.74 Å². The zero-order chi connectivity index (χ0) is 21.0. The molecule has 3 atom stereocenters. The lowest BCUT2D eigenvalue weighted by molar-refractivity contribution is 0.0990. The van der Waals surface area contributed by atoms with Gasteiger partial charge in [-0.05, 0) is 32.4 Å². The third kappa shape index (κ3) is 3.00. The first-order chi connectivity index (χ1) is 14.4.